The molecular weight excluding hydrogens is 572 g/mol. The molecule has 0 bridgehead atoms. The Bertz CT molecular complexity index is 1530. The van der Waals surface area contributed by atoms with Gasteiger partial charge in [0, 0.05) is 39.6 Å². The molecule has 0 unspecified atom stereocenters. The van der Waals surface area contributed by atoms with E-state index in [4.69, 9.17) is 14.8 Å². The van der Waals surface area contributed by atoms with E-state index >= 15 is 0 Å². The van der Waals surface area contributed by atoms with Crippen LogP contribution in [0.5, 0.6) is 5.75 Å². The van der Waals surface area contributed by atoms with Crippen LogP contribution in [0, 0.1) is 0 Å². The quantitative estimate of drug-likeness (QED) is 0.271. The molecule has 0 aliphatic carbocycles. The highest BCUT2D eigenvalue weighted by atomic mass is 32.2. The van der Waals surface area contributed by atoms with Gasteiger partial charge >= 0.3 is 5.97 Å². The third kappa shape index (κ3) is 8.87. The third-order valence-corrected chi connectivity index (χ3v) is 9.24. The van der Waals surface area contributed by atoms with Crippen LogP contribution in [0.25, 0.3) is 22.4 Å². The second kappa shape index (κ2) is 16.0. The first-order valence-electron chi connectivity index (χ1n) is 15.2. The first kappa shape index (κ1) is 34.2. The van der Waals surface area contributed by atoms with E-state index in [1.807, 2.05) is 20.9 Å². The largest absolute Gasteiger partial charge is 0.493 e. The van der Waals surface area contributed by atoms with Gasteiger partial charge in [0.05, 0.1) is 22.8 Å². The number of nitrogens with one attached hydrogen (secondary N) is 1. The number of aryl methyl sites for hydroxylation is 2. The monoisotopic (exact) mass is 618 g/mol. The number of unbranched alkanes of at least 4 members (excludes halogenated alkanes) is 4. The standard InChI is InChI=1S/C22H30N6O4S.C8H16O2/c1-5-7-17-19-20(27(4)25-17)22(29)24-21(23-19)16-14-15(8-9-18(16)32-6-2)33(30,31)28-12-10-26(3)11-13-28;1-2-3-4-5-6-7-8(9)10/h8-9,14H,5-7,10-13H2,1-4H3,(H,23,24,29);2-7H2,1H3,(H,9,10). The van der Waals surface area contributed by atoms with Crippen LogP contribution in [-0.4, -0.2) is 88.3 Å². The van der Waals surface area contributed by atoms with Crippen LogP contribution < -0.4 is 10.3 Å². The maximum Gasteiger partial charge on any atom is 0.303 e. The number of aromatic amines is 1. The number of carboxylic acids is 1. The number of aromatic nitrogens is 4. The molecule has 12 nitrogen and oxygen atoms in total. The number of carboxylic acid groups (broad SMARTS) is 1. The van der Waals surface area contributed by atoms with E-state index in [9.17, 15) is 18.0 Å². The number of carbonyl (C=O) groups is 1. The van der Waals surface area contributed by atoms with E-state index in [-0.39, 0.29) is 16.3 Å². The zero-order chi connectivity index (χ0) is 31.6. The van der Waals surface area contributed by atoms with Crippen molar-refractivity contribution < 1.29 is 23.1 Å². The fourth-order valence-electron chi connectivity index (χ4n) is 4.97. The number of nitrogens with zero attached hydrogens (tertiary/aromatic N) is 5. The van der Waals surface area contributed by atoms with Gasteiger partial charge in [0.15, 0.2) is 5.52 Å². The van der Waals surface area contributed by atoms with Gasteiger partial charge in [-0.1, -0.05) is 46.0 Å². The molecular formula is C30H46N6O6S. The summed E-state index contributed by atoms with van der Waals surface area (Å²) in [4.78, 5) is 32.7. The molecule has 0 amide bonds. The van der Waals surface area contributed by atoms with Crippen LogP contribution in [-0.2, 0) is 28.3 Å². The van der Waals surface area contributed by atoms with E-state index in [1.165, 1.54) is 28.2 Å². The van der Waals surface area contributed by atoms with Gasteiger partial charge in [-0.25, -0.2) is 13.4 Å². The van der Waals surface area contributed by atoms with Crippen molar-refractivity contribution in [1.82, 2.24) is 29.0 Å². The third-order valence-electron chi connectivity index (χ3n) is 7.35. The Morgan fingerprint density at radius 1 is 1.02 bits per heavy atom. The second-order valence-electron chi connectivity index (χ2n) is 10.8. The second-order valence-corrected chi connectivity index (χ2v) is 12.7. The van der Waals surface area contributed by atoms with Crippen molar-refractivity contribution in [2.24, 2.45) is 7.05 Å². The summed E-state index contributed by atoms with van der Waals surface area (Å²) in [7, 11) is -0.00831. The molecule has 1 aliphatic heterocycles. The molecule has 0 atom stereocenters. The normalized spacial score (nSPS) is 14.4. The average Bonchev–Trinajstić information content (AvgIpc) is 3.29. The van der Waals surface area contributed by atoms with E-state index in [0.29, 0.717) is 68.0 Å². The highest BCUT2D eigenvalue weighted by Gasteiger charge is 2.29. The van der Waals surface area contributed by atoms with Crippen molar-refractivity contribution in [2.45, 2.75) is 77.0 Å². The molecule has 4 rings (SSSR count). The number of likely N-dealkylation sites (N-methyl/N-ethyl adjacent to an activating group) is 1. The lowest BCUT2D eigenvalue weighted by Crippen LogP contribution is -2.47. The van der Waals surface area contributed by atoms with Crippen LogP contribution >= 0.6 is 0 Å². The molecule has 0 radical (unpaired) electrons. The van der Waals surface area contributed by atoms with Crippen LogP contribution in [0.4, 0.5) is 0 Å². The van der Waals surface area contributed by atoms with Gasteiger partial charge < -0.3 is 19.7 Å². The molecule has 2 aromatic heterocycles. The SMILES string of the molecule is CCCCCCCC(=O)O.CCCc1nn(C)c2c(=O)[nH]c(-c3cc(S(=O)(=O)N4CCN(C)CC4)ccc3OCC)nc12. The molecule has 1 aliphatic rings. The van der Waals surface area contributed by atoms with Crippen molar-refractivity contribution in [2.75, 3.05) is 39.8 Å². The first-order chi connectivity index (χ1) is 20.5. The first-order valence-corrected chi connectivity index (χ1v) is 16.6. The minimum atomic E-state index is -3.70. The fourth-order valence-corrected chi connectivity index (χ4v) is 6.42. The predicted octanol–water partition coefficient (Wildman–Crippen LogP) is 4.04. The lowest BCUT2D eigenvalue weighted by atomic mass is 10.1. The molecule has 2 N–H and O–H groups in total. The van der Waals surface area contributed by atoms with E-state index in [0.717, 1.165) is 25.0 Å². The highest BCUT2D eigenvalue weighted by Crippen LogP contribution is 2.32. The van der Waals surface area contributed by atoms with E-state index in [2.05, 4.69) is 21.9 Å². The summed E-state index contributed by atoms with van der Waals surface area (Å²) in [5.74, 6) is 0.0477. The van der Waals surface area contributed by atoms with Crippen molar-refractivity contribution >= 4 is 27.0 Å². The zero-order valence-corrected chi connectivity index (χ0v) is 26.9. The van der Waals surface area contributed by atoms with Crippen LogP contribution in [0.1, 0.15) is 71.4 Å². The molecule has 43 heavy (non-hydrogen) atoms. The number of H-pyrrole nitrogens is 1. The smallest absolute Gasteiger partial charge is 0.303 e. The number of hydrogen-bond acceptors (Lipinski definition) is 8. The van der Waals surface area contributed by atoms with Crippen LogP contribution in [0.15, 0.2) is 27.9 Å². The molecule has 0 spiro atoms. The summed E-state index contributed by atoms with van der Waals surface area (Å²) in [5.41, 5.74) is 1.75. The summed E-state index contributed by atoms with van der Waals surface area (Å²) >= 11 is 0. The number of ether oxygens (including phenoxy) is 1. The number of fused-ring (bicyclic) bond motifs is 1. The maximum absolute atomic E-state index is 13.3. The molecule has 238 valence electrons. The fraction of sp³-hybridized carbons (Fsp3) is 0.600. The lowest BCUT2D eigenvalue weighted by molar-refractivity contribution is -0.137. The van der Waals surface area contributed by atoms with Crippen molar-refractivity contribution in [3.8, 4) is 17.1 Å². The van der Waals surface area contributed by atoms with Gasteiger partial charge in [-0.2, -0.15) is 9.40 Å². The van der Waals surface area contributed by atoms with Crippen molar-refractivity contribution in [3.63, 3.8) is 0 Å². The van der Waals surface area contributed by atoms with Gasteiger partial charge in [0.2, 0.25) is 10.0 Å². The Balaban J connectivity index is 0.000000436. The molecule has 3 aromatic rings. The summed E-state index contributed by atoms with van der Waals surface area (Å²) in [5, 5.41) is 12.7. The van der Waals surface area contributed by atoms with Gasteiger partial charge in [-0.05, 0) is 45.0 Å². The zero-order valence-electron chi connectivity index (χ0n) is 26.1. The molecule has 3 heterocycles. The lowest BCUT2D eigenvalue weighted by Gasteiger charge is -2.31. The van der Waals surface area contributed by atoms with Gasteiger partial charge in [0.25, 0.3) is 5.56 Å². The number of benzene rings is 1. The Kier molecular flexibility index (Phi) is 12.7. The molecule has 0 saturated carbocycles. The summed E-state index contributed by atoms with van der Waals surface area (Å²) in [6.07, 6.45) is 7.43. The molecule has 1 fully saturated rings. The summed E-state index contributed by atoms with van der Waals surface area (Å²) < 4.78 is 35.4. The van der Waals surface area contributed by atoms with E-state index < -0.39 is 16.0 Å². The van der Waals surface area contributed by atoms with Gasteiger partial charge in [-0.15, -0.1) is 0 Å². The summed E-state index contributed by atoms with van der Waals surface area (Å²) in [6, 6.07) is 4.71. The minimum Gasteiger partial charge on any atom is -0.493 e. The van der Waals surface area contributed by atoms with Gasteiger partial charge in [-0.3, -0.25) is 14.3 Å². The number of piperazine rings is 1. The van der Waals surface area contributed by atoms with Crippen molar-refractivity contribution in [3.05, 3.63) is 34.2 Å². The van der Waals surface area contributed by atoms with Gasteiger partial charge in [0.1, 0.15) is 17.1 Å². The minimum absolute atomic E-state index is 0.147. The molecule has 1 aromatic carbocycles. The molecule has 1 saturated heterocycles. The number of hydrogen-bond donors (Lipinski definition) is 2. The maximum atomic E-state index is 13.3. The topological polar surface area (TPSA) is 151 Å². The Labute approximate surface area is 254 Å². The van der Waals surface area contributed by atoms with Crippen molar-refractivity contribution in [1.29, 1.82) is 0 Å². The number of rotatable bonds is 13. The van der Waals surface area contributed by atoms with Crippen LogP contribution in [0.2, 0.25) is 0 Å². The summed E-state index contributed by atoms with van der Waals surface area (Å²) in [6.45, 7) is 8.63. The Morgan fingerprint density at radius 3 is 2.35 bits per heavy atom. The highest BCUT2D eigenvalue weighted by molar-refractivity contribution is 7.89. The Hall–Kier alpha value is -3.29. The predicted molar refractivity (Wildman–Crippen MR) is 167 cm³/mol. The molecule has 13 heteroatoms. The van der Waals surface area contributed by atoms with E-state index in [1.54, 1.807) is 25.2 Å². The van der Waals surface area contributed by atoms with Crippen LogP contribution in [0.3, 0.4) is 0 Å². The number of aliphatic carboxylic acids is 1. The number of sulfonamides is 1. The average molecular weight is 619 g/mol. The Morgan fingerprint density at radius 2 is 1.72 bits per heavy atom.